The molecule has 5 heterocycles. The maximum Gasteiger partial charge on any atom is 0.190 e. The van der Waals surface area contributed by atoms with Crippen molar-refractivity contribution in [1.29, 1.82) is 0 Å². The Morgan fingerprint density at radius 2 is 1.93 bits per heavy atom. The third-order valence-electron chi connectivity index (χ3n) is 4.93. The van der Waals surface area contributed by atoms with E-state index in [-0.39, 0.29) is 0 Å². The number of aromatic nitrogens is 4. The van der Waals surface area contributed by atoms with Crippen molar-refractivity contribution >= 4 is 32.6 Å². The zero-order valence-electron chi connectivity index (χ0n) is 15.9. The van der Waals surface area contributed by atoms with Crippen LogP contribution in [0.2, 0.25) is 0 Å². The van der Waals surface area contributed by atoms with Gasteiger partial charge in [-0.1, -0.05) is 17.4 Å². The molecule has 2 N–H and O–H groups in total. The normalized spacial score (nSPS) is 14.9. The molecule has 4 aromatic rings. The lowest BCUT2D eigenvalue weighted by Crippen LogP contribution is -2.42. The van der Waals surface area contributed by atoms with Gasteiger partial charge in [0.15, 0.2) is 5.13 Å². The number of hydrogen-bond donors (Lipinski definition) is 2. The molecular weight excluding hydrogens is 382 g/mol. The Kier molecular flexibility index (Phi) is 5.12. The van der Waals surface area contributed by atoms with Crippen LogP contribution in [0, 0.1) is 0 Å². The number of anilines is 2. The highest BCUT2D eigenvalue weighted by atomic mass is 32.1. The van der Waals surface area contributed by atoms with Crippen LogP contribution in [-0.4, -0.2) is 51.0 Å². The first-order valence-electron chi connectivity index (χ1n) is 9.67. The van der Waals surface area contributed by atoms with Crippen LogP contribution in [0.1, 0.15) is 5.56 Å². The number of fused-ring (bicyclic) bond motifs is 1. The molecule has 0 aliphatic carbocycles. The minimum Gasteiger partial charge on any atom is -0.316 e. The number of rotatable bonds is 5. The van der Waals surface area contributed by atoms with Gasteiger partial charge in [0.2, 0.25) is 0 Å². The van der Waals surface area contributed by atoms with Crippen molar-refractivity contribution in [2.24, 2.45) is 0 Å². The van der Waals surface area contributed by atoms with Gasteiger partial charge in [-0.25, -0.2) is 15.0 Å². The van der Waals surface area contributed by atoms with E-state index in [2.05, 4.69) is 31.6 Å². The summed E-state index contributed by atoms with van der Waals surface area (Å²) < 4.78 is 0. The Hall–Kier alpha value is -2.94. The van der Waals surface area contributed by atoms with E-state index in [1.54, 1.807) is 6.20 Å². The van der Waals surface area contributed by atoms with Gasteiger partial charge >= 0.3 is 0 Å². The predicted octanol–water partition coefficient (Wildman–Crippen LogP) is 3.30. The number of piperazine rings is 1. The first-order chi connectivity index (χ1) is 14.3. The van der Waals surface area contributed by atoms with Crippen molar-refractivity contribution < 1.29 is 0 Å². The lowest BCUT2D eigenvalue weighted by atomic mass is 10.2. The molecule has 1 fully saturated rings. The predicted molar refractivity (Wildman–Crippen MR) is 116 cm³/mol. The highest BCUT2D eigenvalue weighted by Gasteiger charge is 2.14. The van der Waals surface area contributed by atoms with Crippen LogP contribution in [0.3, 0.4) is 0 Å². The molecule has 0 spiro atoms. The molecule has 0 bridgehead atoms. The summed E-state index contributed by atoms with van der Waals surface area (Å²) in [5, 5.41) is 7.61. The van der Waals surface area contributed by atoms with Crippen LogP contribution in [0.15, 0.2) is 55.0 Å². The summed E-state index contributed by atoms with van der Waals surface area (Å²) in [5.41, 5.74) is 3.96. The molecule has 5 rings (SSSR count). The fourth-order valence-corrected chi connectivity index (χ4v) is 4.27. The quantitative estimate of drug-likeness (QED) is 0.529. The van der Waals surface area contributed by atoms with Crippen LogP contribution >= 0.6 is 11.3 Å². The van der Waals surface area contributed by atoms with Crippen molar-refractivity contribution in [1.82, 2.24) is 30.2 Å². The second-order valence-corrected chi connectivity index (χ2v) is 7.92. The van der Waals surface area contributed by atoms with E-state index in [0.717, 1.165) is 65.3 Å². The summed E-state index contributed by atoms with van der Waals surface area (Å²) >= 11 is 1.54. The second kappa shape index (κ2) is 8.20. The number of nitrogens with zero attached hydrogens (tertiary/aromatic N) is 5. The highest BCUT2D eigenvalue weighted by Crippen LogP contribution is 2.29. The van der Waals surface area contributed by atoms with Gasteiger partial charge in [-0.05, 0) is 30.3 Å². The van der Waals surface area contributed by atoms with E-state index in [1.807, 2.05) is 42.7 Å². The largest absolute Gasteiger partial charge is 0.316 e. The lowest BCUT2D eigenvalue weighted by molar-refractivity contribution is 0.233. The number of thiazole rings is 1. The van der Waals surface area contributed by atoms with Crippen molar-refractivity contribution in [2.75, 3.05) is 31.5 Å². The fraction of sp³-hybridized carbons (Fsp3) is 0.238. The first kappa shape index (κ1) is 18.1. The van der Waals surface area contributed by atoms with Gasteiger partial charge in [-0.15, -0.1) is 0 Å². The van der Waals surface area contributed by atoms with Crippen LogP contribution < -0.4 is 10.6 Å². The Morgan fingerprint density at radius 3 is 2.79 bits per heavy atom. The summed E-state index contributed by atoms with van der Waals surface area (Å²) in [4.78, 5) is 21.5. The fourth-order valence-electron chi connectivity index (χ4n) is 3.44. The molecular formula is C21H21N7S. The molecule has 1 saturated heterocycles. The Bertz CT molecular complexity index is 1110. The standard InChI is InChI=1S/C21H21N7S/c1-3-15(13-23-7-1)17-5-6-18-20(25-17)29-21(26-18)27-19-16(4-2-8-24-19)14-28-11-9-22-10-12-28/h1-8,13,22H,9-12,14H2,(H,24,26,27). The van der Waals surface area contributed by atoms with Crippen LogP contribution in [0.25, 0.3) is 21.6 Å². The van der Waals surface area contributed by atoms with Gasteiger partial charge in [0.25, 0.3) is 0 Å². The van der Waals surface area contributed by atoms with Gasteiger partial charge in [0.1, 0.15) is 16.2 Å². The molecule has 0 radical (unpaired) electrons. The average molecular weight is 404 g/mol. The molecule has 7 nitrogen and oxygen atoms in total. The molecule has 0 aromatic carbocycles. The zero-order chi connectivity index (χ0) is 19.5. The Labute approximate surface area is 172 Å². The summed E-state index contributed by atoms with van der Waals surface area (Å²) in [6.45, 7) is 5.05. The molecule has 4 aromatic heterocycles. The molecule has 0 atom stereocenters. The van der Waals surface area contributed by atoms with Gasteiger partial charge in [0.05, 0.1) is 5.69 Å². The number of pyridine rings is 3. The number of hydrogen-bond acceptors (Lipinski definition) is 8. The topological polar surface area (TPSA) is 78.9 Å². The van der Waals surface area contributed by atoms with E-state index >= 15 is 0 Å². The van der Waals surface area contributed by atoms with Crippen LogP contribution in [0.4, 0.5) is 10.9 Å². The minimum absolute atomic E-state index is 0.802. The van der Waals surface area contributed by atoms with Crippen LogP contribution in [0.5, 0.6) is 0 Å². The van der Waals surface area contributed by atoms with Crippen molar-refractivity contribution in [3.8, 4) is 11.3 Å². The van der Waals surface area contributed by atoms with E-state index < -0.39 is 0 Å². The highest BCUT2D eigenvalue weighted by molar-refractivity contribution is 7.21. The SMILES string of the molecule is c1cncc(-c2ccc3nc(Nc4ncccc4CN4CCNCC4)sc3n2)c1. The Balaban J connectivity index is 1.39. The van der Waals surface area contributed by atoms with Gasteiger partial charge in [0, 0.05) is 62.4 Å². The molecule has 1 aliphatic heterocycles. The summed E-state index contributed by atoms with van der Waals surface area (Å²) in [6, 6.07) is 12.0. The van der Waals surface area contributed by atoms with E-state index in [4.69, 9.17) is 9.97 Å². The zero-order valence-corrected chi connectivity index (χ0v) is 16.7. The molecule has 0 amide bonds. The molecule has 146 valence electrons. The van der Waals surface area contributed by atoms with E-state index in [9.17, 15) is 0 Å². The monoisotopic (exact) mass is 403 g/mol. The molecule has 29 heavy (non-hydrogen) atoms. The van der Waals surface area contributed by atoms with Gasteiger partial charge < -0.3 is 10.6 Å². The summed E-state index contributed by atoms with van der Waals surface area (Å²) in [5.74, 6) is 0.859. The van der Waals surface area contributed by atoms with Crippen molar-refractivity contribution in [3.63, 3.8) is 0 Å². The van der Waals surface area contributed by atoms with Gasteiger partial charge in [-0.3, -0.25) is 9.88 Å². The molecule has 0 saturated carbocycles. The van der Waals surface area contributed by atoms with E-state index in [0.29, 0.717) is 0 Å². The molecule has 1 aliphatic rings. The molecule has 8 heteroatoms. The van der Waals surface area contributed by atoms with Crippen molar-refractivity contribution in [3.05, 3.63) is 60.6 Å². The van der Waals surface area contributed by atoms with Crippen LogP contribution in [-0.2, 0) is 6.54 Å². The number of nitrogens with one attached hydrogen (secondary N) is 2. The third kappa shape index (κ3) is 4.09. The smallest absolute Gasteiger partial charge is 0.190 e. The third-order valence-corrected chi connectivity index (χ3v) is 5.81. The van der Waals surface area contributed by atoms with Gasteiger partial charge in [-0.2, -0.15) is 0 Å². The minimum atomic E-state index is 0.802. The maximum absolute atomic E-state index is 4.76. The van der Waals surface area contributed by atoms with E-state index in [1.165, 1.54) is 16.9 Å². The van der Waals surface area contributed by atoms with Crippen molar-refractivity contribution in [2.45, 2.75) is 6.54 Å². The Morgan fingerprint density at radius 1 is 1.03 bits per heavy atom. The lowest BCUT2D eigenvalue weighted by Gasteiger charge is -2.27. The second-order valence-electron chi connectivity index (χ2n) is 6.94. The maximum atomic E-state index is 4.76. The molecule has 0 unspecified atom stereocenters. The summed E-state index contributed by atoms with van der Waals surface area (Å²) in [6.07, 6.45) is 5.40. The first-order valence-corrected chi connectivity index (χ1v) is 10.5. The average Bonchev–Trinajstić information content (AvgIpc) is 3.18. The summed E-state index contributed by atoms with van der Waals surface area (Å²) in [7, 11) is 0.